The van der Waals surface area contributed by atoms with Crippen LogP contribution in [0.4, 0.5) is 10.2 Å². The zero-order chi connectivity index (χ0) is 13.4. The van der Waals surface area contributed by atoms with Gasteiger partial charge in [0.15, 0.2) is 5.82 Å². The van der Waals surface area contributed by atoms with E-state index < -0.39 is 0 Å². The largest absolute Gasteiger partial charge is 0.308 e. The molecule has 0 saturated heterocycles. The van der Waals surface area contributed by atoms with Crippen molar-refractivity contribution in [2.45, 2.75) is 18.4 Å². The topological polar surface area (TPSA) is 63.8 Å². The Balaban J connectivity index is 2.12. The van der Waals surface area contributed by atoms with E-state index in [4.69, 9.17) is 5.84 Å². The second kappa shape index (κ2) is 4.79. The number of anilines is 1. The summed E-state index contributed by atoms with van der Waals surface area (Å²) in [6.07, 6.45) is 0. The fourth-order valence-corrected chi connectivity index (χ4v) is 3.13. The third-order valence-corrected chi connectivity index (χ3v) is 4.10. The van der Waals surface area contributed by atoms with Gasteiger partial charge in [0.05, 0.1) is 5.69 Å². The smallest absolute Gasteiger partial charge is 0.161 e. The minimum Gasteiger partial charge on any atom is -0.308 e. The van der Waals surface area contributed by atoms with Crippen molar-refractivity contribution in [3.8, 4) is 11.4 Å². The Hall–Kier alpha value is -1.66. The number of hydrazine groups is 1. The van der Waals surface area contributed by atoms with Gasteiger partial charge in [-0.05, 0) is 30.7 Å². The Kier molecular flexibility index (Phi) is 3.12. The molecular weight excluding hydrogens is 263 g/mol. The molecule has 1 aromatic carbocycles. The molecule has 1 aliphatic rings. The van der Waals surface area contributed by atoms with Crippen molar-refractivity contribution in [2.75, 3.05) is 5.43 Å². The van der Waals surface area contributed by atoms with Crippen LogP contribution in [0, 0.1) is 12.7 Å². The summed E-state index contributed by atoms with van der Waals surface area (Å²) >= 11 is 1.78. The van der Waals surface area contributed by atoms with Crippen LogP contribution in [-0.4, -0.2) is 9.97 Å². The average molecular weight is 276 g/mol. The molecule has 0 amide bonds. The van der Waals surface area contributed by atoms with E-state index >= 15 is 0 Å². The van der Waals surface area contributed by atoms with Gasteiger partial charge in [0.25, 0.3) is 0 Å². The lowest BCUT2D eigenvalue weighted by Gasteiger charge is -2.09. The number of aryl methyl sites for hydroxylation is 1. The highest BCUT2D eigenvalue weighted by molar-refractivity contribution is 7.98. The van der Waals surface area contributed by atoms with Crippen molar-refractivity contribution in [2.24, 2.45) is 5.84 Å². The number of nitrogens with two attached hydrogens (primary N) is 1. The number of hydrogen-bond acceptors (Lipinski definition) is 5. The van der Waals surface area contributed by atoms with Gasteiger partial charge < -0.3 is 5.43 Å². The van der Waals surface area contributed by atoms with E-state index in [0.717, 1.165) is 28.3 Å². The van der Waals surface area contributed by atoms with Crippen molar-refractivity contribution in [3.63, 3.8) is 0 Å². The third-order valence-electron chi connectivity index (χ3n) is 3.13. The summed E-state index contributed by atoms with van der Waals surface area (Å²) in [5.74, 6) is 8.26. The Bertz CT molecular complexity index is 645. The van der Waals surface area contributed by atoms with Crippen LogP contribution in [0.15, 0.2) is 18.2 Å². The molecule has 2 heterocycles. The number of nitrogens with one attached hydrogen (secondary N) is 1. The number of thioether (sulfide) groups is 1. The highest BCUT2D eigenvalue weighted by atomic mass is 32.2. The number of aromatic nitrogens is 2. The molecule has 0 bridgehead atoms. The lowest BCUT2D eigenvalue weighted by Crippen LogP contribution is -2.12. The first-order valence-corrected chi connectivity index (χ1v) is 7.05. The van der Waals surface area contributed by atoms with Crippen LogP contribution >= 0.6 is 11.8 Å². The van der Waals surface area contributed by atoms with Crippen LogP contribution in [0.1, 0.15) is 16.8 Å². The Morgan fingerprint density at radius 1 is 1.32 bits per heavy atom. The fourth-order valence-electron chi connectivity index (χ4n) is 2.08. The predicted molar refractivity (Wildman–Crippen MR) is 75.0 cm³/mol. The lowest BCUT2D eigenvalue weighted by atomic mass is 10.1. The fraction of sp³-hybridized carbons (Fsp3) is 0.231. The molecule has 3 N–H and O–H groups in total. The average Bonchev–Trinajstić information content (AvgIpc) is 2.89. The van der Waals surface area contributed by atoms with Crippen LogP contribution in [0.3, 0.4) is 0 Å². The number of nitrogen functional groups attached to an aromatic ring is 1. The van der Waals surface area contributed by atoms with Gasteiger partial charge in [0.2, 0.25) is 0 Å². The monoisotopic (exact) mass is 276 g/mol. The van der Waals surface area contributed by atoms with Crippen molar-refractivity contribution in [3.05, 3.63) is 40.8 Å². The molecule has 3 rings (SSSR count). The Morgan fingerprint density at radius 3 is 2.89 bits per heavy atom. The van der Waals surface area contributed by atoms with E-state index in [2.05, 4.69) is 15.4 Å². The quantitative estimate of drug-likeness (QED) is 0.652. The molecule has 0 saturated carbocycles. The van der Waals surface area contributed by atoms with Gasteiger partial charge >= 0.3 is 0 Å². The summed E-state index contributed by atoms with van der Waals surface area (Å²) in [6.45, 7) is 1.73. The van der Waals surface area contributed by atoms with Crippen molar-refractivity contribution >= 4 is 17.6 Å². The molecular formula is C13H13FN4S. The summed E-state index contributed by atoms with van der Waals surface area (Å²) in [5, 5.41) is 0. The maximum atomic E-state index is 13.3. The van der Waals surface area contributed by atoms with Crippen LogP contribution in [0.25, 0.3) is 11.4 Å². The molecule has 2 aromatic rings. The highest BCUT2D eigenvalue weighted by Gasteiger charge is 2.20. The van der Waals surface area contributed by atoms with E-state index in [-0.39, 0.29) is 5.82 Å². The summed E-state index contributed by atoms with van der Waals surface area (Å²) < 4.78 is 13.3. The van der Waals surface area contributed by atoms with E-state index in [1.165, 1.54) is 6.07 Å². The molecule has 0 unspecified atom stereocenters. The number of benzene rings is 1. The van der Waals surface area contributed by atoms with Crippen LogP contribution in [-0.2, 0) is 11.5 Å². The molecule has 1 aliphatic heterocycles. The number of rotatable bonds is 2. The molecule has 0 radical (unpaired) electrons. The maximum Gasteiger partial charge on any atom is 0.161 e. The summed E-state index contributed by atoms with van der Waals surface area (Å²) in [6, 6.07) is 4.87. The van der Waals surface area contributed by atoms with Gasteiger partial charge in [-0.15, -0.1) is 0 Å². The molecule has 19 heavy (non-hydrogen) atoms. The van der Waals surface area contributed by atoms with Gasteiger partial charge in [0, 0.05) is 22.6 Å². The first-order valence-electron chi connectivity index (χ1n) is 5.89. The van der Waals surface area contributed by atoms with Crippen LogP contribution in [0.5, 0.6) is 0 Å². The van der Waals surface area contributed by atoms with Crippen LogP contribution < -0.4 is 11.3 Å². The van der Waals surface area contributed by atoms with Gasteiger partial charge in [-0.1, -0.05) is 0 Å². The lowest BCUT2D eigenvalue weighted by molar-refractivity contribution is 0.618. The van der Waals surface area contributed by atoms with E-state index in [1.807, 2.05) is 0 Å². The van der Waals surface area contributed by atoms with Gasteiger partial charge in [-0.2, -0.15) is 11.8 Å². The molecule has 6 heteroatoms. The molecule has 4 nitrogen and oxygen atoms in total. The number of hydrogen-bond donors (Lipinski definition) is 2. The molecule has 1 aromatic heterocycles. The predicted octanol–water partition coefficient (Wildman–Crippen LogP) is 2.62. The van der Waals surface area contributed by atoms with E-state index in [9.17, 15) is 4.39 Å². The second-order valence-electron chi connectivity index (χ2n) is 4.42. The Labute approximate surface area is 114 Å². The van der Waals surface area contributed by atoms with Gasteiger partial charge in [-0.3, -0.25) is 0 Å². The third kappa shape index (κ3) is 2.17. The summed E-state index contributed by atoms with van der Waals surface area (Å²) in [4.78, 5) is 8.97. The first-order chi connectivity index (χ1) is 9.19. The maximum absolute atomic E-state index is 13.3. The van der Waals surface area contributed by atoms with Crippen LogP contribution in [0.2, 0.25) is 0 Å². The molecule has 0 spiro atoms. The summed E-state index contributed by atoms with van der Waals surface area (Å²) in [5.41, 5.74) is 6.08. The zero-order valence-electron chi connectivity index (χ0n) is 10.4. The van der Waals surface area contributed by atoms with Crippen molar-refractivity contribution < 1.29 is 4.39 Å². The molecule has 98 valence electrons. The molecule has 0 atom stereocenters. The van der Waals surface area contributed by atoms with Crippen molar-refractivity contribution in [1.82, 2.24) is 9.97 Å². The SMILES string of the molecule is Cc1cc(-c2nc3c(c(NN)n2)CSC3)ccc1F. The number of halogens is 1. The number of nitrogens with zero attached hydrogens (tertiary/aromatic N) is 2. The minimum absolute atomic E-state index is 0.224. The number of fused-ring (bicyclic) bond motifs is 1. The normalized spacial score (nSPS) is 13.4. The zero-order valence-corrected chi connectivity index (χ0v) is 11.2. The van der Waals surface area contributed by atoms with E-state index in [1.54, 1.807) is 30.8 Å². The van der Waals surface area contributed by atoms with Gasteiger partial charge in [-0.25, -0.2) is 20.2 Å². The standard InChI is InChI=1S/C13H13FN4S/c1-7-4-8(2-3-10(7)14)12-16-11-6-19-5-9(11)13(17-12)18-15/h2-4H,5-6,15H2,1H3,(H,16,17,18). The molecule has 0 aliphatic carbocycles. The van der Waals surface area contributed by atoms with Crippen molar-refractivity contribution in [1.29, 1.82) is 0 Å². The first kappa shape index (κ1) is 12.4. The van der Waals surface area contributed by atoms with Gasteiger partial charge in [0.1, 0.15) is 11.6 Å². The Morgan fingerprint density at radius 2 is 2.16 bits per heavy atom. The highest BCUT2D eigenvalue weighted by Crippen LogP contribution is 2.34. The summed E-state index contributed by atoms with van der Waals surface area (Å²) in [7, 11) is 0. The minimum atomic E-state index is -0.224. The molecule has 0 fully saturated rings. The van der Waals surface area contributed by atoms with E-state index in [0.29, 0.717) is 17.2 Å². The second-order valence-corrected chi connectivity index (χ2v) is 5.41.